The van der Waals surface area contributed by atoms with Crippen LogP contribution in [0.2, 0.25) is 0 Å². The average molecular weight is 496 g/mol. The molecule has 3 aromatic carbocycles. The van der Waals surface area contributed by atoms with Crippen LogP contribution >= 0.6 is 0 Å². The van der Waals surface area contributed by atoms with Crippen molar-refractivity contribution in [2.75, 3.05) is 14.2 Å². The number of hydrogen-bond acceptors (Lipinski definition) is 5. The summed E-state index contributed by atoms with van der Waals surface area (Å²) in [5, 5.41) is 3.27. The lowest BCUT2D eigenvalue weighted by atomic mass is 9.78. The van der Waals surface area contributed by atoms with Gasteiger partial charge in [0.15, 0.2) is 0 Å². The van der Waals surface area contributed by atoms with Crippen molar-refractivity contribution in [2.24, 2.45) is 11.8 Å². The molecule has 1 aliphatic carbocycles. The average Bonchev–Trinajstić information content (AvgIpc) is 2.94. The van der Waals surface area contributed by atoms with Crippen molar-refractivity contribution < 1.29 is 14.3 Å². The van der Waals surface area contributed by atoms with E-state index in [-0.39, 0.29) is 11.9 Å². The summed E-state index contributed by atoms with van der Waals surface area (Å²) in [4.78, 5) is 23.2. The Bertz CT molecular complexity index is 1400. The van der Waals surface area contributed by atoms with Gasteiger partial charge in [0, 0.05) is 22.7 Å². The zero-order valence-corrected chi connectivity index (χ0v) is 21.8. The van der Waals surface area contributed by atoms with Gasteiger partial charge in [0.25, 0.3) is 5.91 Å². The zero-order valence-electron chi connectivity index (χ0n) is 21.8. The van der Waals surface area contributed by atoms with Crippen LogP contribution < -0.4 is 14.8 Å². The smallest absolute Gasteiger partial charge is 0.251 e. The van der Waals surface area contributed by atoms with E-state index in [1.165, 1.54) is 6.42 Å². The molecule has 0 aliphatic heterocycles. The van der Waals surface area contributed by atoms with Crippen molar-refractivity contribution in [3.05, 3.63) is 72.3 Å². The van der Waals surface area contributed by atoms with Crippen LogP contribution in [0.15, 0.2) is 66.7 Å². The molecule has 0 unspecified atom stereocenters. The summed E-state index contributed by atoms with van der Waals surface area (Å²) in [6.07, 6.45) is 3.40. The quantitative estimate of drug-likeness (QED) is 0.329. The molecule has 1 aliphatic rings. The molecule has 1 heterocycles. The molecule has 1 saturated carbocycles. The second-order valence-corrected chi connectivity index (χ2v) is 9.93. The predicted octanol–water partition coefficient (Wildman–Crippen LogP) is 6.54. The van der Waals surface area contributed by atoms with E-state index in [2.05, 4.69) is 19.2 Å². The second-order valence-electron chi connectivity index (χ2n) is 9.93. The minimum Gasteiger partial charge on any atom is -0.497 e. The number of aromatic nitrogens is 2. The van der Waals surface area contributed by atoms with E-state index in [0.717, 1.165) is 52.4 Å². The fourth-order valence-electron chi connectivity index (χ4n) is 5.13. The lowest BCUT2D eigenvalue weighted by Crippen LogP contribution is -2.43. The molecule has 1 N–H and O–H groups in total. The molecule has 1 fully saturated rings. The van der Waals surface area contributed by atoms with Crippen LogP contribution in [0.5, 0.6) is 11.5 Å². The van der Waals surface area contributed by atoms with Crippen LogP contribution in [0.3, 0.4) is 0 Å². The molecule has 0 spiro atoms. The predicted molar refractivity (Wildman–Crippen MR) is 147 cm³/mol. The van der Waals surface area contributed by atoms with E-state index in [1.807, 2.05) is 66.7 Å². The number of carbonyl (C=O) groups excluding carboxylic acids is 1. The van der Waals surface area contributed by atoms with Gasteiger partial charge in [-0.1, -0.05) is 26.7 Å². The number of methoxy groups -OCH3 is 2. The number of amides is 1. The molecule has 190 valence electrons. The number of nitrogens with one attached hydrogen (secondary N) is 1. The highest BCUT2D eigenvalue weighted by Gasteiger charge is 2.28. The van der Waals surface area contributed by atoms with E-state index < -0.39 is 0 Å². The topological polar surface area (TPSA) is 73.3 Å². The highest BCUT2D eigenvalue weighted by molar-refractivity contribution is 5.98. The molecule has 0 radical (unpaired) electrons. The van der Waals surface area contributed by atoms with Crippen molar-refractivity contribution in [1.29, 1.82) is 0 Å². The third-order valence-electron chi connectivity index (χ3n) is 7.68. The van der Waals surface area contributed by atoms with E-state index >= 15 is 0 Å². The molecule has 1 aromatic heterocycles. The number of ether oxygens (including phenoxy) is 2. The Morgan fingerprint density at radius 2 is 1.35 bits per heavy atom. The zero-order chi connectivity index (χ0) is 25.9. The summed E-state index contributed by atoms with van der Waals surface area (Å²) in [6, 6.07) is 21.3. The number of hydrogen-bond donors (Lipinski definition) is 1. The minimum atomic E-state index is -0.0557. The Kier molecular flexibility index (Phi) is 7.08. The number of nitrogens with zero attached hydrogens (tertiary/aromatic N) is 2. The van der Waals surface area contributed by atoms with E-state index in [0.29, 0.717) is 22.9 Å². The van der Waals surface area contributed by atoms with Crippen molar-refractivity contribution in [3.63, 3.8) is 0 Å². The summed E-state index contributed by atoms with van der Waals surface area (Å²) < 4.78 is 10.7. The fourth-order valence-corrected chi connectivity index (χ4v) is 5.13. The maximum absolute atomic E-state index is 13.2. The van der Waals surface area contributed by atoms with Crippen LogP contribution in [-0.4, -0.2) is 36.1 Å². The lowest BCUT2D eigenvalue weighted by molar-refractivity contribution is 0.0891. The van der Waals surface area contributed by atoms with Gasteiger partial charge in [-0.3, -0.25) is 4.79 Å². The maximum atomic E-state index is 13.2. The van der Waals surface area contributed by atoms with Crippen LogP contribution in [0, 0.1) is 11.8 Å². The molecular formula is C31H33N3O3. The molecule has 3 atom stereocenters. The van der Waals surface area contributed by atoms with Gasteiger partial charge in [-0.15, -0.1) is 0 Å². The SMILES string of the molecule is COc1ccc(-c2nc3ccc(C(=O)N[C@@H]4CCC[C@@H](C)[C@@H]4C)cc3nc2-c2ccc(OC)cc2)cc1. The second kappa shape index (κ2) is 10.6. The molecule has 4 aromatic rings. The largest absolute Gasteiger partial charge is 0.497 e. The molecule has 6 nitrogen and oxygen atoms in total. The highest BCUT2D eigenvalue weighted by atomic mass is 16.5. The first kappa shape index (κ1) is 24.8. The molecule has 0 saturated heterocycles. The monoisotopic (exact) mass is 495 g/mol. The Morgan fingerprint density at radius 3 is 1.92 bits per heavy atom. The van der Waals surface area contributed by atoms with Crippen molar-refractivity contribution in [3.8, 4) is 34.0 Å². The van der Waals surface area contributed by atoms with E-state index in [1.54, 1.807) is 14.2 Å². The van der Waals surface area contributed by atoms with Gasteiger partial charge in [-0.25, -0.2) is 9.97 Å². The summed E-state index contributed by atoms with van der Waals surface area (Å²) >= 11 is 0. The normalized spacial score (nSPS) is 19.4. The lowest BCUT2D eigenvalue weighted by Gasteiger charge is -2.34. The standard InChI is InChI=1S/C31H33N3O3/c1-19-6-5-7-26(20(19)2)34-31(35)23-12-17-27-28(18-23)33-30(22-10-15-25(37-4)16-11-22)29(32-27)21-8-13-24(36-3)14-9-21/h8-20,26H,5-7H2,1-4H3,(H,34,35)/t19-,20+,26-/m1/s1. The van der Waals surface area contributed by atoms with Crippen molar-refractivity contribution in [2.45, 2.75) is 39.2 Å². The summed E-state index contributed by atoms with van der Waals surface area (Å²) in [7, 11) is 3.30. The van der Waals surface area contributed by atoms with Crippen LogP contribution in [0.4, 0.5) is 0 Å². The third-order valence-corrected chi connectivity index (χ3v) is 7.68. The Hall–Kier alpha value is -3.93. The molecular weight excluding hydrogens is 462 g/mol. The number of fused-ring (bicyclic) bond motifs is 1. The van der Waals surface area contributed by atoms with Gasteiger partial charge < -0.3 is 14.8 Å². The van der Waals surface area contributed by atoms with Crippen LogP contribution in [0.25, 0.3) is 33.5 Å². The van der Waals surface area contributed by atoms with Crippen LogP contribution in [-0.2, 0) is 0 Å². The summed E-state index contributed by atoms with van der Waals surface area (Å²) in [5.41, 5.74) is 5.38. The summed E-state index contributed by atoms with van der Waals surface area (Å²) in [6.45, 7) is 4.51. The van der Waals surface area contributed by atoms with Gasteiger partial charge in [0.1, 0.15) is 11.5 Å². The molecule has 6 heteroatoms. The number of carbonyl (C=O) groups is 1. The molecule has 0 bridgehead atoms. The van der Waals surface area contributed by atoms with Crippen molar-refractivity contribution in [1.82, 2.24) is 15.3 Å². The van der Waals surface area contributed by atoms with Gasteiger partial charge >= 0.3 is 0 Å². The Balaban J connectivity index is 1.54. The third kappa shape index (κ3) is 5.15. The maximum Gasteiger partial charge on any atom is 0.251 e. The highest BCUT2D eigenvalue weighted by Crippen LogP contribution is 2.33. The summed E-state index contributed by atoms with van der Waals surface area (Å²) in [5.74, 6) is 2.58. The van der Waals surface area contributed by atoms with Gasteiger partial charge in [-0.05, 0) is 85.0 Å². The van der Waals surface area contributed by atoms with Crippen LogP contribution in [0.1, 0.15) is 43.5 Å². The van der Waals surface area contributed by atoms with E-state index in [4.69, 9.17) is 19.4 Å². The van der Waals surface area contributed by atoms with E-state index in [9.17, 15) is 4.79 Å². The first-order valence-corrected chi connectivity index (χ1v) is 12.9. The molecule has 5 rings (SSSR count). The molecule has 37 heavy (non-hydrogen) atoms. The number of benzene rings is 3. The fraction of sp³-hybridized carbons (Fsp3) is 0.323. The van der Waals surface area contributed by atoms with Gasteiger partial charge in [0.2, 0.25) is 0 Å². The first-order chi connectivity index (χ1) is 18.0. The number of rotatable bonds is 6. The Morgan fingerprint density at radius 1 is 0.784 bits per heavy atom. The minimum absolute atomic E-state index is 0.0557. The Labute approximate surface area is 218 Å². The van der Waals surface area contributed by atoms with Gasteiger partial charge in [0.05, 0.1) is 36.6 Å². The molecule has 1 amide bonds. The first-order valence-electron chi connectivity index (χ1n) is 12.9. The van der Waals surface area contributed by atoms with Gasteiger partial charge in [-0.2, -0.15) is 0 Å². The van der Waals surface area contributed by atoms with Crippen molar-refractivity contribution >= 4 is 16.9 Å².